The molecule has 0 bridgehead atoms. The Kier molecular flexibility index (Phi) is 2.74. The van der Waals surface area contributed by atoms with Gasteiger partial charge in [0.05, 0.1) is 6.61 Å². The number of benzene rings is 1. The van der Waals surface area contributed by atoms with Crippen molar-refractivity contribution in [1.82, 2.24) is 4.98 Å². The van der Waals surface area contributed by atoms with Crippen molar-refractivity contribution in [3.8, 4) is 11.1 Å². The van der Waals surface area contributed by atoms with Gasteiger partial charge >= 0.3 is 0 Å². The minimum absolute atomic E-state index is 0.191. The molecule has 0 fully saturated rings. The second-order valence-electron chi connectivity index (χ2n) is 3.16. The van der Waals surface area contributed by atoms with E-state index in [0.29, 0.717) is 11.1 Å². The maximum Gasteiger partial charge on any atom is 0.221 e. The summed E-state index contributed by atoms with van der Waals surface area (Å²) in [5, 5.41) is 9.11. The van der Waals surface area contributed by atoms with E-state index in [2.05, 4.69) is 4.98 Å². The van der Waals surface area contributed by atoms with Crippen LogP contribution in [0.1, 0.15) is 5.56 Å². The number of aliphatic hydroxyl groups excluding tert-OH is 1. The molecule has 0 saturated carbocycles. The number of rotatable bonds is 2. The molecule has 2 aromatic rings. The highest BCUT2D eigenvalue weighted by atomic mass is 19.1. The van der Waals surface area contributed by atoms with E-state index in [-0.39, 0.29) is 6.61 Å². The lowest BCUT2D eigenvalue weighted by atomic mass is 10.0. The number of aliphatic hydroxyl groups is 1. The maximum atomic E-state index is 13.5. The normalized spacial score (nSPS) is 10.3. The Morgan fingerprint density at radius 2 is 1.87 bits per heavy atom. The molecule has 15 heavy (non-hydrogen) atoms. The van der Waals surface area contributed by atoms with Crippen LogP contribution in [-0.4, -0.2) is 10.1 Å². The van der Waals surface area contributed by atoms with E-state index < -0.39 is 5.95 Å². The highest BCUT2D eigenvalue weighted by molar-refractivity contribution is 5.66. The molecule has 0 atom stereocenters. The van der Waals surface area contributed by atoms with Gasteiger partial charge in [0.15, 0.2) is 0 Å². The molecule has 2 rings (SSSR count). The van der Waals surface area contributed by atoms with E-state index in [0.717, 1.165) is 5.56 Å². The zero-order valence-corrected chi connectivity index (χ0v) is 8.02. The van der Waals surface area contributed by atoms with Crippen molar-refractivity contribution in [3.05, 3.63) is 54.1 Å². The number of aromatic nitrogens is 1. The van der Waals surface area contributed by atoms with Crippen molar-refractivity contribution >= 4 is 0 Å². The van der Waals surface area contributed by atoms with Gasteiger partial charge in [-0.05, 0) is 17.2 Å². The number of halogens is 1. The number of nitrogens with zero attached hydrogens (tertiary/aromatic N) is 1. The lowest BCUT2D eigenvalue weighted by molar-refractivity contribution is 0.281. The van der Waals surface area contributed by atoms with Crippen LogP contribution in [0.4, 0.5) is 4.39 Å². The van der Waals surface area contributed by atoms with Gasteiger partial charge in [0.2, 0.25) is 5.95 Å². The third-order valence-corrected chi connectivity index (χ3v) is 2.22. The van der Waals surface area contributed by atoms with Crippen molar-refractivity contribution < 1.29 is 9.50 Å². The van der Waals surface area contributed by atoms with Crippen LogP contribution in [0.15, 0.2) is 42.6 Å². The Bertz CT molecular complexity index is 456. The van der Waals surface area contributed by atoms with Crippen molar-refractivity contribution in [2.75, 3.05) is 0 Å². The molecule has 0 amide bonds. The Labute approximate surface area is 87.0 Å². The third kappa shape index (κ3) is 1.87. The minimum atomic E-state index is -0.548. The maximum absolute atomic E-state index is 13.5. The predicted molar refractivity (Wildman–Crippen MR) is 55.6 cm³/mol. The van der Waals surface area contributed by atoms with E-state index in [4.69, 9.17) is 5.11 Å². The van der Waals surface area contributed by atoms with Crippen LogP contribution >= 0.6 is 0 Å². The fourth-order valence-electron chi connectivity index (χ4n) is 1.51. The number of hydrogen-bond donors (Lipinski definition) is 1. The summed E-state index contributed by atoms with van der Waals surface area (Å²) in [6.45, 7) is -0.191. The first-order valence-corrected chi connectivity index (χ1v) is 4.62. The average Bonchev–Trinajstić information content (AvgIpc) is 2.29. The molecule has 0 aliphatic carbocycles. The van der Waals surface area contributed by atoms with Gasteiger partial charge < -0.3 is 5.11 Å². The summed E-state index contributed by atoms with van der Waals surface area (Å²) in [5.41, 5.74) is 1.65. The van der Waals surface area contributed by atoms with Crippen LogP contribution in [-0.2, 0) is 6.61 Å². The lowest BCUT2D eigenvalue weighted by Crippen LogP contribution is -1.95. The van der Waals surface area contributed by atoms with Crippen LogP contribution in [0.25, 0.3) is 11.1 Å². The zero-order chi connectivity index (χ0) is 10.7. The fraction of sp³-hybridized carbons (Fsp3) is 0.0833. The highest BCUT2D eigenvalue weighted by Crippen LogP contribution is 2.25. The molecule has 0 radical (unpaired) electrons. The molecule has 1 aromatic heterocycles. The Hall–Kier alpha value is -1.74. The Balaban J connectivity index is 2.61. The first-order chi connectivity index (χ1) is 7.33. The van der Waals surface area contributed by atoms with Crippen LogP contribution in [0, 0.1) is 5.95 Å². The van der Waals surface area contributed by atoms with Crippen LogP contribution in [0.2, 0.25) is 0 Å². The summed E-state index contributed by atoms with van der Waals surface area (Å²) >= 11 is 0. The smallest absolute Gasteiger partial charge is 0.221 e. The van der Waals surface area contributed by atoms with Gasteiger partial charge in [-0.3, -0.25) is 0 Å². The van der Waals surface area contributed by atoms with Crippen LogP contribution in [0.3, 0.4) is 0 Å². The zero-order valence-electron chi connectivity index (χ0n) is 8.02. The van der Waals surface area contributed by atoms with Crippen molar-refractivity contribution in [2.45, 2.75) is 6.61 Å². The summed E-state index contributed by atoms with van der Waals surface area (Å²) in [7, 11) is 0. The SMILES string of the molecule is OCc1ccnc(F)c1-c1ccccc1. The second kappa shape index (κ2) is 4.19. The monoisotopic (exact) mass is 203 g/mol. The molecule has 1 aromatic carbocycles. The quantitative estimate of drug-likeness (QED) is 0.760. The molecule has 0 spiro atoms. The van der Waals surface area contributed by atoms with E-state index in [1.54, 1.807) is 18.2 Å². The molecule has 2 nitrogen and oxygen atoms in total. The van der Waals surface area contributed by atoms with Crippen molar-refractivity contribution in [1.29, 1.82) is 0 Å². The standard InChI is InChI=1S/C12H10FNO/c13-12-11(9-4-2-1-3-5-9)10(8-15)6-7-14-12/h1-7,15H,8H2. The summed E-state index contributed by atoms with van der Waals surface area (Å²) in [5.74, 6) is -0.548. The molecule has 1 N–H and O–H groups in total. The topological polar surface area (TPSA) is 33.1 Å². The molecule has 3 heteroatoms. The van der Waals surface area contributed by atoms with Crippen molar-refractivity contribution in [3.63, 3.8) is 0 Å². The average molecular weight is 203 g/mol. The van der Waals surface area contributed by atoms with E-state index >= 15 is 0 Å². The van der Waals surface area contributed by atoms with E-state index in [1.807, 2.05) is 18.2 Å². The molecule has 76 valence electrons. The fourth-order valence-corrected chi connectivity index (χ4v) is 1.51. The first kappa shape index (κ1) is 9.80. The van der Waals surface area contributed by atoms with Crippen molar-refractivity contribution in [2.24, 2.45) is 0 Å². The molecular weight excluding hydrogens is 193 g/mol. The molecule has 1 heterocycles. The summed E-state index contributed by atoms with van der Waals surface area (Å²) in [6, 6.07) is 10.7. The summed E-state index contributed by atoms with van der Waals surface area (Å²) in [6.07, 6.45) is 1.35. The van der Waals surface area contributed by atoms with Gasteiger partial charge in [0.1, 0.15) is 0 Å². The van der Waals surface area contributed by atoms with Crippen LogP contribution in [0.5, 0.6) is 0 Å². The number of pyridine rings is 1. The van der Waals surface area contributed by atoms with Gasteiger partial charge in [0.25, 0.3) is 0 Å². The molecular formula is C12H10FNO. The highest BCUT2D eigenvalue weighted by Gasteiger charge is 2.10. The predicted octanol–water partition coefficient (Wildman–Crippen LogP) is 2.38. The van der Waals surface area contributed by atoms with Gasteiger partial charge in [-0.2, -0.15) is 4.39 Å². The Morgan fingerprint density at radius 1 is 1.13 bits per heavy atom. The van der Waals surface area contributed by atoms with E-state index in [9.17, 15) is 4.39 Å². The van der Waals surface area contributed by atoms with Gasteiger partial charge in [-0.1, -0.05) is 30.3 Å². The molecule has 0 unspecified atom stereocenters. The molecule has 0 aliphatic heterocycles. The summed E-state index contributed by atoms with van der Waals surface area (Å²) < 4.78 is 13.5. The van der Waals surface area contributed by atoms with Crippen LogP contribution < -0.4 is 0 Å². The van der Waals surface area contributed by atoms with Gasteiger partial charge in [-0.15, -0.1) is 0 Å². The first-order valence-electron chi connectivity index (χ1n) is 4.62. The Morgan fingerprint density at radius 3 is 2.53 bits per heavy atom. The largest absolute Gasteiger partial charge is 0.392 e. The number of hydrogen-bond acceptors (Lipinski definition) is 2. The van der Waals surface area contributed by atoms with Gasteiger partial charge in [0, 0.05) is 11.8 Å². The lowest BCUT2D eigenvalue weighted by Gasteiger charge is -2.07. The van der Waals surface area contributed by atoms with E-state index in [1.165, 1.54) is 6.20 Å². The van der Waals surface area contributed by atoms with Gasteiger partial charge in [-0.25, -0.2) is 4.98 Å². The summed E-state index contributed by atoms with van der Waals surface area (Å²) in [4.78, 5) is 3.59. The third-order valence-electron chi connectivity index (χ3n) is 2.22. The minimum Gasteiger partial charge on any atom is -0.392 e. The molecule has 0 aliphatic rings. The second-order valence-corrected chi connectivity index (χ2v) is 3.16. The molecule has 0 saturated heterocycles.